The fourth-order valence-corrected chi connectivity index (χ4v) is 3.95. The van der Waals surface area contributed by atoms with Crippen molar-refractivity contribution in [1.29, 1.82) is 0 Å². The third-order valence-corrected chi connectivity index (χ3v) is 5.47. The SMILES string of the molecule is Cc1sc(NC(=O)[C@@H]2Cc3ccccc3C(=O)O2)nc1-c1ccc(Cl)cc1. The van der Waals surface area contributed by atoms with Crippen LogP contribution in [0.3, 0.4) is 0 Å². The number of benzene rings is 2. The monoisotopic (exact) mass is 398 g/mol. The Balaban J connectivity index is 1.52. The Hall–Kier alpha value is -2.70. The van der Waals surface area contributed by atoms with Gasteiger partial charge in [0.1, 0.15) is 0 Å². The predicted octanol–water partition coefficient (Wildman–Crippen LogP) is 4.49. The topological polar surface area (TPSA) is 68.3 Å². The van der Waals surface area contributed by atoms with Gasteiger partial charge in [-0.1, -0.05) is 41.9 Å². The van der Waals surface area contributed by atoms with Gasteiger partial charge in [0.25, 0.3) is 5.91 Å². The zero-order chi connectivity index (χ0) is 19.0. The van der Waals surface area contributed by atoms with Gasteiger partial charge in [-0.05, 0) is 30.7 Å². The van der Waals surface area contributed by atoms with Crippen LogP contribution in [0.25, 0.3) is 11.3 Å². The largest absolute Gasteiger partial charge is 0.448 e. The number of rotatable bonds is 3. The van der Waals surface area contributed by atoms with Gasteiger partial charge in [-0.3, -0.25) is 10.1 Å². The maximum atomic E-state index is 12.6. The van der Waals surface area contributed by atoms with Crippen molar-refractivity contribution in [2.75, 3.05) is 5.32 Å². The van der Waals surface area contributed by atoms with Crippen LogP contribution in [0.2, 0.25) is 5.02 Å². The molecule has 3 aromatic rings. The second-order valence-electron chi connectivity index (χ2n) is 6.18. The van der Waals surface area contributed by atoms with E-state index in [1.54, 1.807) is 24.3 Å². The van der Waals surface area contributed by atoms with Gasteiger partial charge in [-0.15, -0.1) is 11.3 Å². The fourth-order valence-electron chi connectivity index (χ4n) is 2.99. The number of amides is 1. The number of esters is 1. The number of nitrogens with one attached hydrogen (secondary N) is 1. The number of nitrogens with zero attached hydrogens (tertiary/aromatic N) is 1. The lowest BCUT2D eigenvalue weighted by Crippen LogP contribution is -2.37. The van der Waals surface area contributed by atoms with E-state index in [0.29, 0.717) is 22.1 Å². The van der Waals surface area contributed by atoms with Gasteiger partial charge in [-0.25, -0.2) is 9.78 Å². The Morgan fingerprint density at radius 1 is 1.22 bits per heavy atom. The fraction of sp³-hybridized carbons (Fsp3) is 0.150. The summed E-state index contributed by atoms with van der Waals surface area (Å²) < 4.78 is 5.29. The van der Waals surface area contributed by atoms with Crippen molar-refractivity contribution in [1.82, 2.24) is 4.98 Å². The minimum Gasteiger partial charge on any atom is -0.448 e. The van der Waals surface area contributed by atoms with Crippen LogP contribution in [0, 0.1) is 6.92 Å². The standard InChI is InChI=1S/C20H15ClN2O3S/c1-11-17(12-6-8-14(21)9-7-12)22-20(27-11)23-18(24)16-10-13-4-2-3-5-15(13)19(25)26-16/h2-9,16H,10H2,1H3,(H,22,23,24)/t16-/m0/s1. The van der Waals surface area contributed by atoms with E-state index in [4.69, 9.17) is 16.3 Å². The lowest BCUT2D eigenvalue weighted by Gasteiger charge is -2.23. The van der Waals surface area contributed by atoms with Crippen molar-refractivity contribution in [2.45, 2.75) is 19.4 Å². The molecular weight excluding hydrogens is 384 g/mol. The molecule has 2 aromatic carbocycles. The molecule has 0 saturated carbocycles. The van der Waals surface area contributed by atoms with Gasteiger partial charge in [0.2, 0.25) is 0 Å². The van der Waals surface area contributed by atoms with Crippen LogP contribution < -0.4 is 5.32 Å². The van der Waals surface area contributed by atoms with Gasteiger partial charge >= 0.3 is 5.97 Å². The van der Waals surface area contributed by atoms with E-state index in [-0.39, 0.29) is 5.91 Å². The molecule has 1 atom stereocenters. The number of ether oxygens (including phenoxy) is 1. The van der Waals surface area contributed by atoms with E-state index in [0.717, 1.165) is 21.7 Å². The molecule has 0 saturated heterocycles. The van der Waals surface area contributed by atoms with E-state index < -0.39 is 12.1 Å². The van der Waals surface area contributed by atoms with E-state index >= 15 is 0 Å². The molecule has 0 aliphatic carbocycles. The normalized spacial score (nSPS) is 15.8. The molecule has 1 amide bonds. The summed E-state index contributed by atoms with van der Waals surface area (Å²) in [4.78, 5) is 30.2. The van der Waals surface area contributed by atoms with Gasteiger partial charge in [0.05, 0.1) is 11.3 Å². The van der Waals surface area contributed by atoms with Gasteiger partial charge in [0.15, 0.2) is 11.2 Å². The van der Waals surface area contributed by atoms with Crippen molar-refractivity contribution in [2.24, 2.45) is 0 Å². The number of carbonyl (C=O) groups is 2. The molecule has 1 aliphatic heterocycles. The number of hydrogen-bond donors (Lipinski definition) is 1. The Kier molecular flexibility index (Phi) is 4.68. The number of halogens is 1. The highest BCUT2D eigenvalue weighted by molar-refractivity contribution is 7.16. The Labute approximate surface area is 165 Å². The average molecular weight is 399 g/mol. The molecule has 4 rings (SSSR count). The minimum absolute atomic E-state index is 0.349. The molecule has 0 bridgehead atoms. The molecule has 1 aromatic heterocycles. The van der Waals surface area contributed by atoms with Gasteiger partial charge in [0, 0.05) is 21.9 Å². The van der Waals surface area contributed by atoms with Gasteiger partial charge < -0.3 is 4.74 Å². The second-order valence-corrected chi connectivity index (χ2v) is 7.81. The third kappa shape index (κ3) is 3.59. The average Bonchev–Trinajstić information content (AvgIpc) is 3.02. The summed E-state index contributed by atoms with van der Waals surface area (Å²) in [6, 6.07) is 14.5. The molecule has 7 heteroatoms. The lowest BCUT2D eigenvalue weighted by molar-refractivity contribution is -0.125. The summed E-state index contributed by atoms with van der Waals surface area (Å²) in [5, 5.41) is 3.89. The van der Waals surface area contributed by atoms with Crippen LogP contribution >= 0.6 is 22.9 Å². The zero-order valence-corrected chi connectivity index (χ0v) is 15.9. The number of carbonyl (C=O) groups excluding carboxylic acids is 2. The lowest BCUT2D eigenvalue weighted by atomic mass is 9.98. The zero-order valence-electron chi connectivity index (χ0n) is 14.4. The Bertz CT molecular complexity index is 1030. The number of aromatic nitrogens is 1. The Morgan fingerprint density at radius 2 is 1.96 bits per heavy atom. The number of aryl methyl sites for hydroxylation is 1. The summed E-state index contributed by atoms with van der Waals surface area (Å²) in [6.07, 6.45) is -0.516. The number of thiazole rings is 1. The number of cyclic esters (lactones) is 1. The first-order valence-corrected chi connectivity index (χ1v) is 9.54. The summed E-state index contributed by atoms with van der Waals surface area (Å²) in [7, 11) is 0. The molecule has 0 unspecified atom stereocenters. The highest BCUT2D eigenvalue weighted by Crippen LogP contribution is 2.31. The van der Waals surface area contributed by atoms with Crippen molar-refractivity contribution >= 4 is 39.9 Å². The van der Waals surface area contributed by atoms with Crippen molar-refractivity contribution in [3.63, 3.8) is 0 Å². The molecule has 0 spiro atoms. The molecule has 5 nitrogen and oxygen atoms in total. The second kappa shape index (κ2) is 7.13. The third-order valence-electron chi connectivity index (χ3n) is 4.33. The molecule has 27 heavy (non-hydrogen) atoms. The highest BCUT2D eigenvalue weighted by Gasteiger charge is 2.31. The van der Waals surface area contributed by atoms with E-state index in [1.165, 1.54) is 11.3 Å². The van der Waals surface area contributed by atoms with E-state index in [2.05, 4.69) is 10.3 Å². The van der Waals surface area contributed by atoms with Gasteiger partial charge in [-0.2, -0.15) is 0 Å². The first-order valence-electron chi connectivity index (χ1n) is 8.34. The molecule has 136 valence electrons. The van der Waals surface area contributed by atoms with Crippen molar-refractivity contribution in [3.05, 3.63) is 69.6 Å². The Morgan fingerprint density at radius 3 is 2.74 bits per heavy atom. The number of hydrogen-bond acceptors (Lipinski definition) is 5. The molecular formula is C20H15ClN2O3S. The highest BCUT2D eigenvalue weighted by atomic mass is 35.5. The van der Waals surface area contributed by atoms with Crippen LogP contribution in [0.4, 0.5) is 5.13 Å². The molecule has 0 radical (unpaired) electrons. The van der Waals surface area contributed by atoms with E-state index in [9.17, 15) is 9.59 Å². The minimum atomic E-state index is -0.865. The van der Waals surface area contributed by atoms with Crippen molar-refractivity contribution in [3.8, 4) is 11.3 Å². The maximum absolute atomic E-state index is 12.6. The number of anilines is 1. The first kappa shape index (κ1) is 17.7. The summed E-state index contributed by atoms with van der Waals surface area (Å²) in [5.74, 6) is -0.858. The quantitative estimate of drug-likeness (QED) is 0.660. The first-order chi connectivity index (χ1) is 13.0. The molecule has 1 N–H and O–H groups in total. The summed E-state index contributed by atoms with van der Waals surface area (Å²) >= 11 is 7.31. The summed E-state index contributed by atoms with van der Waals surface area (Å²) in [5.41, 5.74) is 3.03. The summed E-state index contributed by atoms with van der Waals surface area (Å²) in [6.45, 7) is 1.94. The van der Waals surface area contributed by atoms with Crippen LogP contribution in [0.1, 0.15) is 20.8 Å². The van der Waals surface area contributed by atoms with Crippen LogP contribution in [-0.2, 0) is 16.0 Å². The van der Waals surface area contributed by atoms with Crippen LogP contribution in [-0.4, -0.2) is 23.0 Å². The molecule has 1 aliphatic rings. The van der Waals surface area contributed by atoms with Crippen molar-refractivity contribution < 1.29 is 14.3 Å². The maximum Gasteiger partial charge on any atom is 0.339 e. The predicted molar refractivity (Wildman–Crippen MR) is 105 cm³/mol. The van der Waals surface area contributed by atoms with Crippen LogP contribution in [0.5, 0.6) is 0 Å². The number of fused-ring (bicyclic) bond motifs is 1. The van der Waals surface area contributed by atoms with Crippen LogP contribution in [0.15, 0.2) is 48.5 Å². The molecule has 0 fully saturated rings. The smallest absolute Gasteiger partial charge is 0.339 e. The van der Waals surface area contributed by atoms with E-state index in [1.807, 2.05) is 31.2 Å². The molecule has 2 heterocycles.